The molecule has 1 aliphatic heterocycles. The number of carbonyl (C=O) groups excluding carboxylic acids is 1. The van der Waals surface area contributed by atoms with E-state index in [9.17, 15) is 4.79 Å². The molecule has 1 aromatic rings. The lowest BCUT2D eigenvalue weighted by atomic mass is 9.62. The van der Waals surface area contributed by atoms with Crippen LogP contribution in [0.2, 0.25) is 0 Å². The van der Waals surface area contributed by atoms with Crippen molar-refractivity contribution in [1.82, 2.24) is 9.88 Å². The third-order valence-corrected chi connectivity index (χ3v) is 6.36. The lowest BCUT2D eigenvalue weighted by molar-refractivity contribution is -0.173. The maximum Gasteiger partial charge on any atom is 0.267 e. The highest BCUT2D eigenvalue weighted by molar-refractivity contribution is 14.1. The Bertz CT molecular complexity index is 611. The molecule has 2 bridgehead atoms. The van der Waals surface area contributed by atoms with Crippen LogP contribution >= 0.6 is 22.6 Å². The molecule has 2 heterocycles. The molecule has 2 unspecified atom stereocenters. The number of primary amides is 1. The fraction of sp³-hybridized carbons (Fsp3) is 0.714. The van der Waals surface area contributed by atoms with E-state index in [1.165, 1.54) is 19.3 Å². The van der Waals surface area contributed by atoms with E-state index in [1.807, 2.05) is 24.2 Å². The molecule has 6 heteroatoms. The molecule has 27 heavy (non-hydrogen) atoms. The summed E-state index contributed by atoms with van der Waals surface area (Å²) in [5.41, 5.74) is 6.53. The summed E-state index contributed by atoms with van der Waals surface area (Å²) in [4.78, 5) is 20.3. The number of methoxy groups -OCH3 is 1. The van der Waals surface area contributed by atoms with Crippen LogP contribution in [0, 0.1) is 11.8 Å². The lowest BCUT2D eigenvalue weighted by Crippen LogP contribution is -2.60. The second-order valence-corrected chi connectivity index (χ2v) is 7.71. The standard InChI is InChI=1S/C20H31N3O2.CH3I/c1-4-6-14(2)23-12-16-7-5-8-17(13-23)20(16,25-3)15-9-10-22-18(11-15)19(21)24;1-2/h9-11,14,16-17H,4-8,12-13H2,1-3H3,(H2,21,24);1H3/t14-,16?,17?,20?;/m1./s1. The van der Waals surface area contributed by atoms with Crippen LogP contribution in [0.1, 0.15) is 62.0 Å². The van der Waals surface area contributed by atoms with Gasteiger partial charge in [0, 0.05) is 44.3 Å². The van der Waals surface area contributed by atoms with E-state index in [-0.39, 0.29) is 5.60 Å². The summed E-state index contributed by atoms with van der Waals surface area (Å²) in [6.45, 7) is 6.71. The number of likely N-dealkylation sites (tertiary alicyclic amines) is 1. The van der Waals surface area contributed by atoms with Gasteiger partial charge in [0.2, 0.25) is 0 Å². The maximum absolute atomic E-state index is 11.6. The van der Waals surface area contributed by atoms with Crippen molar-refractivity contribution in [3.8, 4) is 0 Å². The van der Waals surface area contributed by atoms with Crippen molar-refractivity contribution >= 4 is 28.5 Å². The molecule has 152 valence electrons. The summed E-state index contributed by atoms with van der Waals surface area (Å²) in [6.07, 6.45) is 7.72. The third kappa shape index (κ3) is 4.48. The zero-order valence-corrected chi connectivity index (χ0v) is 19.2. The number of pyridine rings is 1. The Morgan fingerprint density at radius 1 is 1.41 bits per heavy atom. The van der Waals surface area contributed by atoms with Crippen LogP contribution in [0.4, 0.5) is 0 Å². The zero-order chi connectivity index (χ0) is 20.0. The smallest absolute Gasteiger partial charge is 0.267 e. The van der Waals surface area contributed by atoms with Gasteiger partial charge in [-0.25, -0.2) is 0 Å². The highest BCUT2D eigenvalue weighted by Crippen LogP contribution is 2.51. The highest BCUT2D eigenvalue weighted by atomic mass is 127. The van der Waals surface area contributed by atoms with Crippen molar-refractivity contribution in [1.29, 1.82) is 0 Å². The van der Waals surface area contributed by atoms with Crippen molar-refractivity contribution in [2.24, 2.45) is 17.6 Å². The van der Waals surface area contributed by atoms with Crippen LogP contribution in [0.15, 0.2) is 18.3 Å². The van der Waals surface area contributed by atoms with Gasteiger partial charge in [0.1, 0.15) is 11.3 Å². The summed E-state index contributed by atoms with van der Waals surface area (Å²) in [6, 6.07) is 4.47. The molecule has 2 aliphatic rings. The number of nitrogens with two attached hydrogens (primary N) is 1. The largest absolute Gasteiger partial charge is 0.373 e. The van der Waals surface area contributed by atoms with Crippen molar-refractivity contribution in [3.63, 3.8) is 0 Å². The number of rotatable bonds is 6. The molecule has 1 saturated carbocycles. The minimum absolute atomic E-state index is 0.326. The Hall–Kier alpha value is -0.730. The summed E-state index contributed by atoms with van der Waals surface area (Å²) in [5.74, 6) is 0.395. The summed E-state index contributed by atoms with van der Waals surface area (Å²) < 4.78 is 6.25. The van der Waals surface area contributed by atoms with Gasteiger partial charge in [-0.05, 0) is 48.8 Å². The van der Waals surface area contributed by atoms with Gasteiger partial charge in [-0.1, -0.05) is 42.4 Å². The fourth-order valence-electron chi connectivity index (χ4n) is 5.16. The monoisotopic (exact) mass is 487 g/mol. The normalized spacial score (nSPS) is 28.8. The first kappa shape index (κ1) is 22.6. The van der Waals surface area contributed by atoms with Crippen LogP contribution < -0.4 is 5.73 Å². The van der Waals surface area contributed by atoms with Crippen molar-refractivity contribution in [2.75, 3.05) is 25.1 Å². The minimum Gasteiger partial charge on any atom is -0.373 e. The zero-order valence-electron chi connectivity index (χ0n) is 17.1. The molecule has 0 spiro atoms. The number of hydrogen-bond donors (Lipinski definition) is 1. The molecule has 2 fully saturated rings. The number of carbonyl (C=O) groups is 1. The Kier molecular flexibility index (Phi) is 8.49. The molecular weight excluding hydrogens is 453 g/mol. The Morgan fingerprint density at radius 2 is 2.04 bits per heavy atom. The molecule has 2 N–H and O–H groups in total. The number of alkyl halides is 1. The number of aromatic nitrogens is 1. The summed E-state index contributed by atoms with van der Waals surface area (Å²) >= 11 is 2.15. The van der Waals surface area contributed by atoms with Gasteiger partial charge in [-0.3, -0.25) is 14.7 Å². The van der Waals surface area contributed by atoms with Crippen molar-refractivity contribution < 1.29 is 9.53 Å². The lowest BCUT2D eigenvalue weighted by Gasteiger charge is -2.56. The van der Waals surface area contributed by atoms with Gasteiger partial charge in [-0.15, -0.1) is 0 Å². The van der Waals surface area contributed by atoms with E-state index in [1.54, 1.807) is 6.20 Å². The van der Waals surface area contributed by atoms with Gasteiger partial charge in [0.15, 0.2) is 0 Å². The molecule has 1 saturated heterocycles. The fourth-order valence-corrected chi connectivity index (χ4v) is 5.16. The Balaban J connectivity index is 0.00000126. The number of nitrogens with zero attached hydrogens (tertiary/aromatic N) is 2. The molecule has 5 nitrogen and oxygen atoms in total. The number of amides is 1. The Morgan fingerprint density at radius 3 is 2.56 bits per heavy atom. The SMILES string of the molecule is CCC[C@@H](C)N1CC2CCCC(C1)C2(OC)c1ccnc(C(N)=O)c1.CI. The molecule has 1 aliphatic carbocycles. The summed E-state index contributed by atoms with van der Waals surface area (Å²) in [5, 5.41) is 0. The molecule has 3 rings (SSSR count). The van der Waals surface area contributed by atoms with E-state index in [2.05, 4.69) is 46.3 Å². The first-order chi connectivity index (χ1) is 13.0. The van der Waals surface area contributed by atoms with Gasteiger partial charge in [-0.2, -0.15) is 0 Å². The quantitative estimate of drug-likeness (QED) is 0.487. The third-order valence-electron chi connectivity index (χ3n) is 6.36. The molecule has 0 aromatic carbocycles. The van der Waals surface area contributed by atoms with Crippen molar-refractivity contribution in [3.05, 3.63) is 29.6 Å². The average molecular weight is 487 g/mol. The van der Waals surface area contributed by atoms with Crippen LogP contribution in [0.3, 0.4) is 0 Å². The minimum atomic E-state index is -0.479. The van der Waals surface area contributed by atoms with Crippen LogP contribution in [0.25, 0.3) is 0 Å². The van der Waals surface area contributed by atoms with Gasteiger partial charge >= 0.3 is 0 Å². The number of hydrogen-bond acceptors (Lipinski definition) is 4. The number of ether oxygens (including phenoxy) is 1. The van der Waals surface area contributed by atoms with E-state index in [0.29, 0.717) is 23.6 Å². The van der Waals surface area contributed by atoms with E-state index < -0.39 is 5.91 Å². The van der Waals surface area contributed by atoms with Gasteiger partial charge < -0.3 is 10.5 Å². The van der Waals surface area contributed by atoms with Crippen LogP contribution in [-0.2, 0) is 10.3 Å². The van der Waals surface area contributed by atoms with Gasteiger partial charge in [0.05, 0.1) is 0 Å². The number of halogens is 1. The molecule has 0 radical (unpaired) electrons. The van der Waals surface area contributed by atoms with E-state index in [0.717, 1.165) is 31.5 Å². The molecule has 1 aromatic heterocycles. The van der Waals surface area contributed by atoms with E-state index >= 15 is 0 Å². The first-order valence-corrected chi connectivity index (χ1v) is 12.1. The topological polar surface area (TPSA) is 68.4 Å². The average Bonchev–Trinajstić information content (AvgIpc) is 2.68. The maximum atomic E-state index is 11.6. The Labute approximate surface area is 177 Å². The van der Waals surface area contributed by atoms with Gasteiger partial charge in [0.25, 0.3) is 5.91 Å². The van der Waals surface area contributed by atoms with Crippen LogP contribution in [0.5, 0.6) is 0 Å². The van der Waals surface area contributed by atoms with Crippen LogP contribution in [-0.4, -0.2) is 47.0 Å². The molecular formula is C21H34IN3O2. The predicted octanol–water partition coefficient (Wildman–Crippen LogP) is 3.99. The number of fused-ring (bicyclic) bond motifs is 2. The molecule has 3 atom stereocenters. The number of piperidine rings is 1. The highest BCUT2D eigenvalue weighted by Gasteiger charge is 2.53. The molecule has 1 amide bonds. The predicted molar refractivity (Wildman–Crippen MR) is 118 cm³/mol. The second kappa shape index (κ2) is 10.2. The van der Waals surface area contributed by atoms with Crippen molar-refractivity contribution in [2.45, 2.75) is 57.6 Å². The second-order valence-electron chi connectivity index (χ2n) is 7.71. The first-order valence-electron chi connectivity index (χ1n) is 9.96. The summed E-state index contributed by atoms with van der Waals surface area (Å²) in [7, 11) is 1.82. The van der Waals surface area contributed by atoms with E-state index in [4.69, 9.17) is 10.5 Å².